The Morgan fingerprint density at radius 2 is 1.83 bits per heavy atom. The van der Waals surface area contributed by atoms with Gasteiger partial charge >= 0.3 is 0 Å². The highest BCUT2D eigenvalue weighted by molar-refractivity contribution is 6.33. The number of carbonyl (C=O) groups is 1. The first kappa shape index (κ1) is 19.7. The number of nitrogens with zero attached hydrogens (tertiary/aromatic N) is 3. The molecule has 1 amide bonds. The van der Waals surface area contributed by atoms with Crippen molar-refractivity contribution in [2.45, 2.75) is 32.8 Å². The summed E-state index contributed by atoms with van der Waals surface area (Å²) in [6.45, 7) is 6.63. The summed E-state index contributed by atoms with van der Waals surface area (Å²) in [6, 6.07) is 15.2. The molecule has 0 radical (unpaired) electrons. The molecule has 1 unspecified atom stereocenters. The van der Waals surface area contributed by atoms with Crippen LogP contribution in [0.3, 0.4) is 0 Å². The van der Waals surface area contributed by atoms with Gasteiger partial charge < -0.3 is 10.0 Å². The summed E-state index contributed by atoms with van der Waals surface area (Å²) in [5.41, 5.74) is 4.03. The Kier molecular flexibility index (Phi) is 4.97. The molecule has 0 aliphatic carbocycles. The molecule has 4 rings (SSSR count). The summed E-state index contributed by atoms with van der Waals surface area (Å²) >= 11 is 6.37. The van der Waals surface area contributed by atoms with Crippen LogP contribution in [-0.4, -0.2) is 38.8 Å². The second kappa shape index (κ2) is 7.32. The maximum atomic E-state index is 13.2. The van der Waals surface area contributed by atoms with Gasteiger partial charge in [-0.3, -0.25) is 4.79 Å². The zero-order valence-corrected chi connectivity index (χ0v) is 17.6. The van der Waals surface area contributed by atoms with Crippen LogP contribution in [-0.2, 0) is 5.60 Å². The highest BCUT2D eigenvalue weighted by Gasteiger charge is 2.40. The first-order chi connectivity index (χ1) is 13.8. The molecule has 1 atom stereocenters. The van der Waals surface area contributed by atoms with Gasteiger partial charge in [-0.1, -0.05) is 41.4 Å². The highest BCUT2D eigenvalue weighted by atomic mass is 35.5. The number of carbonyl (C=O) groups excluding carboxylic acids is 1. The van der Waals surface area contributed by atoms with Crippen LogP contribution in [0.5, 0.6) is 0 Å². The Morgan fingerprint density at radius 1 is 1.10 bits per heavy atom. The topological polar surface area (TPSA) is 58.4 Å². The van der Waals surface area contributed by atoms with Crippen molar-refractivity contribution in [1.82, 2.24) is 14.7 Å². The lowest BCUT2D eigenvalue weighted by atomic mass is 9.92. The van der Waals surface area contributed by atoms with Gasteiger partial charge in [-0.15, -0.1) is 0 Å². The zero-order chi connectivity index (χ0) is 20.8. The van der Waals surface area contributed by atoms with E-state index in [-0.39, 0.29) is 12.5 Å². The maximum Gasteiger partial charge on any atom is 0.255 e. The molecular weight excluding hydrogens is 386 g/mol. The molecule has 1 aromatic heterocycles. The molecular formula is C23H24ClN3O2. The first-order valence-electron chi connectivity index (χ1n) is 9.69. The number of amides is 1. The lowest BCUT2D eigenvalue weighted by Gasteiger charge is -2.24. The Balaban J connectivity index is 1.61. The van der Waals surface area contributed by atoms with E-state index >= 15 is 0 Å². The van der Waals surface area contributed by atoms with Gasteiger partial charge in [0.2, 0.25) is 0 Å². The van der Waals surface area contributed by atoms with Crippen LogP contribution >= 0.6 is 11.6 Å². The van der Waals surface area contributed by atoms with Crippen LogP contribution in [0.25, 0.3) is 5.69 Å². The first-order valence-corrected chi connectivity index (χ1v) is 10.1. The van der Waals surface area contributed by atoms with Gasteiger partial charge in [0.15, 0.2) is 0 Å². The van der Waals surface area contributed by atoms with Gasteiger partial charge in [-0.05, 0) is 57.0 Å². The number of likely N-dealkylation sites (tertiary alicyclic amines) is 1. The summed E-state index contributed by atoms with van der Waals surface area (Å²) in [5, 5.41) is 16.0. The van der Waals surface area contributed by atoms with E-state index in [1.165, 1.54) is 0 Å². The summed E-state index contributed by atoms with van der Waals surface area (Å²) in [4.78, 5) is 14.9. The summed E-state index contributed by atoms with van der Waals surface area (Å²) in [7, 11) is 0. The van der Waals surface area contributed by atoms with Gasteiger partial charge in [0.1, 0.15) is 5.60 Å². The van der Waals surface area contributed by atoms with Crippen LogP contribution in [0.2, 0.25) is 5.02 Å². The molecule has 29 heavy (non-hydrogen) atoms. The van der Waals surface area contributed by atoms with E-state index < -0.39 is 5.60 Å². The van der Waals surface area contributed by atoms with Gasteiger partial charge in [0, 0.05) is 12.2 Å². The third-order valence-electron chi connectivity index (χ3n) is 5.56. The minimum Gasteiger partial charge on any atom is -0.383 e. The van der Waals surface area contributed by atoms with E-state index in [0.29, 0.717) is 23.6 Å². The van der Waals surface area contributed by atoms with Crippen molar-refractivity contribution in [3.63, 3.8) is 0 Å². The van der Waals surface area contributed by atoms with E-state index in [4.69, 9.17) is 11.6 Å². The molecule has 0 saturated carbocycles. The minimum absolute atomic E-state index is 0.179. The normalized spacial score (nSPS) is 19.0. The van der Waals surface area contributed by atoms with E-state index in [1.54, 1.807) is 21.7 Å². The number of β-amino-alcohol motifs (C(OH)–C–C–N with tert-alkyl or cyclic N) is 1. The minimum atomic E-state index is -1.04. The second-order valence-corrected chi connectivity index (χ2v) is 8.28. The average molecular weight is 410 g/mol. The summed E-state index contributed by atoms with van der Waals surface area (Å²) in [6.07, 6.45) is 0.497. The van der Waals surface area contributed by atoms with Gasteiger partial charge in [-0.25, -0.2) is 4.68 Å². The van der Waals surface area contributed by atoms with Gasteiger partial charge in [0.05, 0.1) is 28.5 Å². The molecule has 5 nitrogen and oxygen atoms in total. The third kappa shape index (κ3) is 3.68. The third-order valence-corrected chi connectivity index (χ3v) is 5.89. The lowest BCUT2D eigenvalue weighted by Crippen LogP contribution is -2.34. The monoisotopic (exact) mass is 409 g/mol. The number of benzene rings is 2. The quantitative estimate of drug-likeness (QED) is 0.705. The van der Waals surface area contributed by atoms with Crippen molar-refractivity contribution in [3.05, 3.63) is 81.6 Å². The number of aromatic nitrogens is 2. The molecule has 1 fully saturated rings. The highest BCUT2D eigenvalue weighted by Crippen LogP contribution is 2.34. The van der Waals surface area contributed by atoms with Gasteiger partial charge in [0.25, 0.3) is 5.91 Å². The molecule has 150 valence electrons. The van der Waals surface area contributed by atoms with Crippen molar-refractivity contribution >= 4 is 17.5 Å². The van der Waals surface area contributed by atoms with Crippen LogP contribution in [0.15, 0.2) is 48.5 Å². The number of aliphatic hydroxyl groups is 1. The molecule has 2 aromatic carbocycles. The van der Waals surface area contributed by atoms with Crippen LogP contribution in [0.1, 0.15) is 39.3 Å². The number of hydrogen-bond acceptors (Lipinski definition) is 3. The molecule has 3 aromatic rings. The molecule has 1 aliphatic heterocycles. The average Bonchev–Trinajstić information content (AvgIpc) is 3.25. The molecule has 6 heteroatoms. The molecule has 1 saturated heterocycles. The Morgan fingerprint density at radius 3 is 2.48 bits per heavy atom. The molecule has 2 heterocycles. The second-order valence-electron chi connectivity index (χ2n) is 7.88. The predicted molar refractivity (Wildman–Crippen MR) is 114 cm³/mol. The zero-order valence-electron chi connectivity index (χ0n) is 16.8. The number of aryl methyl sites for hydroxylation is 3. The molecule has 0 spiro atoms. The number of hydrogen-bond donors (Lipinski definition) is 1. The Hall–Kier alpha value is -2.63. The molecule has 1 aliphatic rings. The molecule has 0 bridgehead atoms. The van der Waals surface area contributed by atoms with E-state index in [2.05, 4.69) is 5.10 Å². The standard InChI is InChI=1S/C23H24ClN3O2/c1-15-4-6-18(7-5-15)23(29)10-11-26(14-23)22(28)20-13-19(8-9-21(20)24)27-17(3)12-16(2)25-27/h4-9,12-13,29H,10-11,14H2,1-3H3. The smallest absolute Gasteiger partial charge is 0.255 e. The van der Waals surface area contributed by atoms with E-state index in [1.807, 2.05) is 57.2 Å². The van der Waals surface area contributed by atoms with Crippen molar-refractivity contribution in [2.75, 3.05) is 13.1 Å². The van der Waals surface area contributed by atoms with Crippen LogP contribution in [0, 0.1) is 20.8 Å². The van der Waals surface area contributed by atoms with Crippen LogP contribution < -0.4 is 0 Å². The van der Waals surface area contributed by atoms with E-state index in [0.717, 1.165) is 28.2 Å². The van der Waals surface area contributed by atoms with Crippen molar-refractivity contribution in [3.8, 4) is 5.69 Å². The Bertz CT molecular complexity index is 1070. The fourth-order valence-corrected chi connectivity index (χ4v) is 4.13. The van der Waals surface area contributed by atoms with Crippen molar-refractivity contribution in [1.29, 1.82) is 0 Å². The number of rotatable bonds is 3. The van der Waals surface area contributed by atoms with Crippen LogP contribution in [0.4, 0.5) is 0 Å². The predicted octanol–water partition coefficient (Wildman–Crippen LogP) is 4.18. The summed E-state index contributed by atoms with van der Waals surface area (Å²) < 4.78 is 1.80. The maximum absolute atomic E-state index is 13.2. The fraction of sp³-hybridized carbons (Fsp3) is 0.304. The van der Waals surface area contributed by atoms with Crippen molar-refractivity contribution in [2.24, 2.45) is 0 Å². The largest absolute Gasteiger partial charge is 0.383 e. The SMILES string of the molecule is Cc1ccc(C2(O)CCN(C(=O)c3cc(-n4nc(C)cc4C)ccc3Cl)C2)cc1. The summed E-state index contributed by atoms with van der Waals surface area (Å²) in [5.74, 6) is -0.179. The lowest BCUT2D eigenvalue weighted by molar-refractivity contribution is 0.0417. The number of halogens is 1. The Labute approximate surface area is 175 Å². The molecule has 1 N–H and O–H groups in total. The van der Waals surface area contributed by atoms with Crippen molar-refractivity contribution < 1.29 is 9.90 Å². The fourth-order valence-electron chi connectivity index (χ4n) is 3.94. The van der Waals surface area contributed by atoms with E-state index in [9.17, 15) is 9.90 Å². The van der Waals surface area contributed by atoms with Gasteiger partial charge in [-0.2, -0.15) is 5.10 Å².